The molecule has 1 aliphatic rings. The largest absolute Gasteiger partial charge is 0.465 e. The second-order valence-electron chi connectivity index (χ2n) is 4.79. The highest BCUT2D eigenvalue weighted by molar-refractivity contribution is 5.98. The number of carbonyl (C=O) groups excluding carboxylic acids is 1. The fourth-order valence-electron chi connectivity index (χ4n) is 2.51. The van der Waals surface area contributed by atoms with Crippen molar-refractivity contribution < 1.29 is 9.53 Å². The Balaban J connectivity index is 2.09. The summed E-state index contributed by atoms with van der Waals surface area (Å²) in [7, 11) is 1.40. The van der Waals surface area contributed by atoms with Crippen LogP contribution in [0.3, 0.4) is 0 Å². The molecule has 96 valence electrons. The Hall–Kier alpha value is -2.29. The van der Waals surface area contributed by atoms with E-state index >= 15 is 0 Å². The maximum absolute atomic E-state index is 11.8. The van der Waals surface area contributed by atoms with Crippen molar-refractivity contribution in [2.24, 2.45) is 0 Å². The number of hydrogen-bond acceptors (Lipinski definition) is 3. The highest BCUT2D eigenvalue weighted by atomic mass is 16.5. The second kappa shape index (κ2) is 4.43. The third-order valence-corrected chi connectivity index (χ3v) is 3.46. The van der Waals surface area contributed by atoms with Crippen LogP contribution in [0.5, 0.6) is 0 Å². The maximum atomic E-state index is 11.8. The molecule has 1 heterocycles. The van der Waals surface area contributed by atoms with Gasteiger partial charge < -0.3 is 10.1 Å². The summed E-state index contributed by atoms with van der Waals surface area (Å²) in [5.41, 5.74) is 6.15. The standard InChI is InChI=1S/C16H15NO2/c1-10-6-7-14-12(8-10)9-11-4-3-5-13(15(11)17-14)16(18)19-2/h3-8,17H,9H2,1-2H3. The smallest absolute Gasteiger partial charge is 0.339 e. The molecule has 0 bridgehead atoms. The molecule has 2 aromatic carbocycles. The molecule has 1 N–H and O–H groups in total. The molecule has 19 heavy (non-hydrogen) atoms. The van der Waals surface area contributed by atoms with Gasteiger partial charge in [-0.3, -0.25) is 0 Å². The number of rotatable bonds is 1. The van der Waals surface area contributed by atoms with Crippen molar-refractivity contribution in [3.05, 3.63) is 58.7 Å². The second-order valence-corrected chi connectivity index (χ2v) is 4.79. The van der Waals surface area contributed by atoms with Crippen LogP contribution in [0.25, 0.3) is 0 Å². The van der Waals surface area contributed by atoms with Crippen LogP contribution in [-0.2, 0) is 11.2 Å². The van der Waals surface area contributed by atoms with Gasteiger partial charge in [0.05, 0.1) is 18.4 Å². The van der Waals surface area contributed by atoms with Crippen LogP contribution < -0.4 is 5.32 Å². The van der Waals surface area contributed by atoms with Crippen LogP contribution in [0.4, 0.5) is 11.4 Å². The van der Waals surface area contributed by atoms with E-state index < -0.39 is 0 Å². The first-order chi connectivity index (χ1) is 9.19. The summed E-state index contributed by atoms with van der Waals surface area (Å²) in [4.78, 5) is 11.8. The van der Waals surface area contributed by atoms with E-state index in [-0.39, 0.29) is 5.97 Å². The Kier molecular flexibility index (Phi) is 2.75. The van der Waals surface area contributed by atoms with E-state index in [1.54, 1.807) is 6.07 Å². The predicted octanol–water partition coefficient (Wildman–Crippen LogP) is 3.43. The summed E-state index contributed by atoms with van der Waals surface area (Å²) >= 11 is 0. The summed E-state index contributed by atoms with van der Waals surface area (Å²) in [6.45, 7) is 2.08. The Bertz CT molecular complexity index is 662. The molecule has 0 saturated heterocycles. The number of fused-ring (bicyclic) bond motifs is 2. The van der Waals surface area contributed by atoms with Crippen molar-refractivity contribution in [1.29, 1.82) is 0 Å². The number of anilines is 2. The molecule has 0 unspecified atom stereocenters. The Morgan fingerprint density at radius 3 is 2.84 bits per heavy atom. The van der Waals surface area contributed by atoms with Gasteiger partial charge in [0, 0.05) is 12.1 Å². The molecule has 3 heteroatoms. The fraction of sp³-hybridized carbons (Fsp3) is 0.188. The van der Waals surface area contributed by atoms with Crippen LogP contribution in [-0.4, -0.2) is 13.1 Å². The molecular weight excluding hydrogens is 238 g/mol. The van der Waals surface area contributed by atoms with Crippen molar-refractivity contribution in [1.82, 2.24) is 0 Å². The number of ether oxygens (including phenoxy) is 1. The van der Waals surface area contributed by atoms with Gasteiger partial charge in [0.1, 0.15) is 0 Å². The van der Waals surface area contributed by atoms with Gasteiger partial charge in [-0.2, -0.15) is 0 Å². The lowest BCUT2D eigenvalue weighted by atomic mass is 9.94. The SMILES string of the molecule is COC(=O)c1cccc2c1Nc1ccc(C)cc1C2. The van der Waals surface area contributed by atoms with Gasteiger partial charge in [0.25, 0.3) is 0 Å². The van der Waals surface area contributed by atoms with Gasteiger partial charge >= 0.3 is 5.97 Å². The number of hydrogen-bond donors (Lipinski definition) is 1. The van der Waals surface area contributed by atoms with E-state index in [4.69, 9.17) is 4.74 Å². The molecule has 0 amide bonds. The molecule has 3 rings (SSSR count). The van der Waals surface area contributed by atoms with Crippen molar-refractivity contribution in [3.63, 3.8) is 0 Å². The Morgan fingerprint density at radius 1 is 1.21 bits per heavy atom. The average Bonchev–Trinajstić information content (AvgIpc) is 2.43. The first-order valence-corrected chi connectivity index (χ1v) is 6.26. The van der Waals surface area contributed by atoms with E-state index in [1.165, 1.54) is 18.2 Å². The van der Waals surface area contributed by atoms with Crippen molar-refractivity contribution in [3.8, 4) is 0 Å². The van der Waals surface area contributed by atoms with Gasteiger partial charge in [-0.1, -0.05) is 29.8 Å². The number of benzene rings is 2. The predicted molar refractivity (Wildman–Crippen MR) is 75.0 cm³/mol. The van der Waals surface area contributed by atoms with E-state index in [0.717, 1.165) is 23.4 Å². The molecule has 0 aliphatic carbocycles. The number of para-hydroxylation sites is 1. The molecule has 1 aliphatic heterocycles. The van der Waals surface area contributed by atoms with Gasteiger partial charge in [0.2, 0.25) is 0 Å². The van der Waals surface area contributed by atoms with E-state index in [2.05, 4.69) is 30.4 Å². The van der Waals surface area contributed by atoms with E-state index in [0.29, 0.717) is 5.56 Å². The normalized spacial score (nSPS) is 12.1. The minimum absolute atomic E-state index is 0.306. The number of esters is 1. The number of methoxy groups -OCH3 is 1. The van der Waals surface area contributed by atoms with Crippen LogP contribution in [0, 0.1) is 6.92 Å². The van der Waals surface area contributed by atoms with Crippen LogP contribution >= 0.6 is 0 Å². The van der Waals surface area contributed by atoms with E-state index in [9.17, 15) is 4.79 Å². The van der Waals surface area contributed by atoms with Gasteiger partial charge in [0.15, 0.2) is 0 Å². The number of carbonyl (C=O) groups is 1. The zero-order valence-corrected chi connectivity index (χ0v) is 11.0. The summed E-state index contributed by atoms with van der Waals surface area (Å²) in [6, 6.07) is 12.0. The fourth-order valence-corrected chi connectivity index (χ4v) is 2.51. The van der Waals surface area contributed by atoms with Crippen molar-refractivity contribution in [2.45, 2.75) is 13.3 Å². The highest BCUT2D eigenvalue weighted by Crippen LogP contribution is 2.35. The van der Waals surface area contributed by atoms with Crippen LogP contribution in [0.1, 0.15) is 27.0 Å². The first kappa shape index (κ1) is 11.8. The summed E-state index contributed by atoms with van der Waals surface area (Å²) in [6.07, 6.45) is 0.837. The first-order valence-electron chi connectivity index (χ1n) is 6.26. The molecular formula is C16H15NO2. The van der Waals surface area contributed by atoms with Crippen molar-refractivity contribution in [2.75, 3.05) is 12.4 Å². The topological polar surface area (TPSA) is 38.3 Å². The van der Waals surface area contributed by atoms with Gasteiger partial charge in [-0.15, -0.1) is 0 Å². The summed E-state index contributed by atoms with van der Waals surface area (Å²) in [5.74, 6) is -0.306. The molecule has 0 aromatic heterocycles. The van der Waals surface area contributed by atoms with Gasteiger partial charge in [-0.05, 0) is 30.2 Å². The number of aryl methyl sites for hydroxylation is 1. The third-order valence-electron chi connectivity index (χ3n) is 3.46. The lowest BCUT2D eigenvalue weighted by Crippen LogP contribution is -2.13. The molecule has 2 aromatic rings. The molecule has 3 nitrogen and oxygen atoms in total. The molecule has 0 spiro atoms. The lowest BCUT2D eigenvalue weighted by Gasteiger charge is -2.23. The molecule has 0 fully saturated rings. The maximum Gasteiger partial charge on any atom is 0.339 e. The lowest BCUT2D eigenvalue weighted by molar-refractivity contribution is 0.0602. The Morgan fingerprint density at radius 2 is 2.05 bits per heavy atom. The van der Waals surface area contributed by atoms with Crippen LogP contribution in [0.2, 0.25) is 0 Å². The summed E-state index contributed by atoms with van der Waals surface area (Å²) < 4.78 is 4.83. The van der Waals surface area contributed by atoms with Crippen molar-refractivity contribution >= 4 is 17.3 Å². The monoisotopic (exact) mass is 253 g/mol. The number of nitrogens with one attached hydrogen (secondary N) is 1. The van der Waals surface area contributed by atoms with E-state index in [1.807, 2.05) is 12.1 Å². The zero-order chi connectivity index (χ0) is 13.4. The molecule has 0 atom stereocenters. The van der Waals surface area contributed by atoms with Crippen LogP contribution in [0.15, 0.2) is 36.4 Å². The quantitative estimate of drug-likeness (QED) is 0.675. The zero-order valence-electron chi connectivity index (χ0n) is 11.0. The van der Waals surface area contributed by atoms with Gasteiger partial charge in [-0.25, -0.2) is 4.79 Å². The minimum Gasteiger partial charge on any atom is -0.465 e. The third kappa shape index (κ3) is 1.97. The molecule has 0 radical (unpaired) electrons. The minimum atomic E-state index is -0.306. The Labute approximate surface area is 112 Å². The highest BCUT2D eigenvalue weighted by Gasteiger charge is 2.20. The molecule has 0 saturated carbocycles. The summed E-state index contributed by atoms with van der Waals surface area (Å²) in [5, 5.41) is 3.35. The average molecular weight is 253 g/mol.